The van der Waals surface area contributed by atoms with Crippen molar-refractivity contribution >= 4 is 51.2 Å². The quantitative estimate of drug-likeness (QED) is 0.332. The largest absolute Gasteiger partial charge is 0.483 e. The number of benzene rings is 2. The average molecular weight is 563 g/mol. The van der Waals surface area contributed by atoms with Crippen molar-refractivity contribution in [2.24, 2.45) is 0 Å². The molecule has 0 unspecified atom stereocenters. The predicted octanol–water partition coefficient (Wildman–Crippen LogP) is 3.57. The molecule has 1 aromatic heterocycles. The van der Waals surface area contributed by atoms with Gasteiger partial charge in [0.05, 0.1) is 18.5 Å². The number of rotatable bonds is 9. The maximum Gasteiger partial charge on any atom is 0.290 e. The van der Waals surface area contributed by atoms with Crippen LogP contribution < -0.4 is 10.6 Å². The number of hydrogen-bond acceptors (Lipinski definition) is 9. The van der Waals surface area contributed by atoms with Gasteiger partial charge in [-0.05, 0) is 41.8 Å². The molecular weight excluding hydrogens is 532 g/mol. The summed E-state index contributed by atoms with van der Waals surface area (Å²) >= 11 is 6.33. The zero-order chi connectivity index (χ0) is 27.7. The van der Waals surface area contributed by atoms with Crippen molar-refractivity contribution in [1.29, 1.82) is 0 Å². The van der Waals surface area contributed by atoms with Crippen LogP contribution in [0.15, 0.2) is 53.6 Å². The Kier molecular flexibility index (Phi) is 10.4. The number of nitrogens with one attached hydrogen (secondary N) is 2. The van der Waals surface area contributed by atoms with Crippen LogP contribution in [0.25, 0.3) is 0 Å². The monoisotopic (exact) mass is 562 g/mol. The molecule has 0 radical (unpaired) electrons. The highest BCUT2D eigenvalue weighted by Crippen LogP contribution is 2.30. The second-order valence-corrected chi connectivity index (χ2v) is 11.1. The van der Waals surface area contributed by atoms with Gasteiger partial charge in [0.15, 0.2) is 5.82 Å². The maximum atomic E-state index is 12.7. The van der Waals surface area contributed by atoms with Gasteiger partial charge in [-0.3, -0.25) is 9.69 Å². The molecular formula is C25H31ClN6O5S. The normalized spacial score (nSPS) is 13.3. The fourth-order valence-corrected chi connectivity index (χ4v) is 5.04. The van der Waals surface area contributed by atoms with Crippen molar-refractivity contribution in [3.63, 3.8) is 0 Å². The highest BCUT2D eigenvalue weighted by molar-refractivity contribution is 7.89. The minimum atomic E-state index is -3.66. The third-order valence-electron chi connectivity index (χ3n) is 5.81. The van der Waals surface area contributed by atoms with E-state index in [0.29, 0.717) is 17.5 Å². The van der Waals surface area contributed by atoms with Crippen LogP contribution in [0.2, 0.25) is 5.02 Å². The average Bonchev–Trinajstić information content (AvgIpc) is 2.90. The third kappa shape index (κ3) is 7.39. The van der Waals surface area contributed by atoms with E-state index in [-0.39, 0.29) is 16.4 Å². The number of aromatic nitrogens is 2. The van der Waals surface area contributed by atoms with E-state index in [9.17, 15) is 8.42 Å². The van der Waals surface area contributed by atoms with Crippen LogP contribution in [-0.4, -0.2) is 80.1 Å². The Morgan fingerprint density at radius 3 is 2.63 bits per heavy atom. The number of para-hydroxylation sites is 1. The van der Waals surface area contributed by atoms with E-state index in [1.807, 2.05) is 6.07 Å². The van der Waals surface area contributed by atoms with Crippen molar-refractivity contribution < 1.29 is 23.1 Å². The van der Waals surface area contributed by atoms with Crippen molar-refractivity contribution in [2.75, 3.05) is 51.5 Å². The number of ether oxygens (including phenoxy) is 1. The number of methoxy groups -OCH3 is 1. The lowest BCUT2D eigenvalue weighted by molar-refractivity contribution is -0.122. The first-order valence-corrected chi connectivity index (χ1v) is 13.5. The molecule has 2 heterocycles. The SMILES string of the molecule is COCCN1CCc2cc(Nc3ncc(Cl)c(Nc4ccccc4S(=O)(=O)N(C)C)n3)ccc2C1.O=CO. The van der Waals surface area contributed by atoms with Gasteiger partial charge in [-0.2, -0.15) is 4.98 Å². The molecule has 0 atom stereocenters. The van der Waals surface area contributed by atoms with Crippen LogP contribution in [-0.2, 0) is 32.5 Å². The molecule has 204 valence electrons. The standard InChI is InChI=1S/C24H29ClN6O3S.CH2O2/c1-30(2)35(32,33)22-7-5-4-6-21(22)28-23-20(25)15-26-24(29-23)27-19-9-8-18-16-31(12-13-34-3)11-10-17(18)14-19;2-1-3/h4-9,14-15H,10-13,16H2,1-3H3,(H2,26,27,28,29);1H,(H,2,3). The number of carbonyl (C=O) groups is 1. The molecule has 0 aliphatic carbocycles. The number of hydrogen-bond donors (Lipinski definition) is 3. The van der Waals surface area contributed by atoms with Crippen molar-refractivity contribution in [1.82, 2.24) is 19.2 Å². The molecule has 0 saturated carbocycles. The lowest BCUT2D eigenvalue weighted by atomic mass is 9.99. The number of nitrogens with zero attached hydrogens (tertiary/aromatic N) is 4. The molecule has 0 saturated heterocycles. The Morgan fingerprint density at radius 1 is 1.18 bits per heavy atom. The lowest BCUT2D eigenvalue weighted by Gasteiger charge is -2.28. The van der Waals surface area contributed by atoms with E-state index < -0.39 is 10.0 Å². The number of sulfonamides is 1. The zero-order valence-electron chi connectivity index (χ0n) is 21.4. The van der Waals surface area contributed by atoms with E-state index in [1.165, 1.54) is 37.5 Å². The van der Waals surface area contributed by atoms with Crippen LogP contribution in [0.5, 0.6) is 0 Å². The molecule has 0 fully saturated rings. The summed E-state index contributed by atoms with van der Waals surface area (Å²) in [7, 11) is 1.04. The summed E-state index contributed by atoms with van der Waals surface area (Å²) in [6, 6.07) is 12.9. The summed E-state index contributed by atoms with van der Waals surface area (Å²) < 4.78 is 31.8. The van der Waals surface area contributed by atoms with E-state index in [1.54, 1.807) is 25.3 Å². The van der Waals surface area contributed by atoms with Crippen LogP contribution in [0.1, 0.15) is 11.1 Å². The second kappa shape index (κ2) is 13.5. The van der Waals surface area contributed by atoms with Gasteiger partial charge in [0.1, 0.15) is 9.92 Å². The van der Waals surface area contributed by atoms with Gasteiger partial charge in [-0.25, -0.2) is 17.7 Å². The van der Waals surface area contributed by atoms with Crippen molar-refractivity contribution in [3.8, 4) is 0 Å². The highest BCUT2D eigenvalue weighted by atomic mass is 35.5. The molecule has 1 aliphatic heterocycles. The Bertz CT molecular complexity index is 1360. The molecule has 11 nitrogen and oxygen atoms in total. The fourth-order valence-electron chi connectivity index (χ4n) is 3.86. The Balaban J connectivity index is 0.00000127. The topological polar surface area (TPSA) is 137 Å². The molecule has 0 bridgehead atoms. The maximum absolute atomic E-state index is 12.7. The molecule has 3 aromatic rings. The first-order chi connectivity index (χ1) is 18.2. The van der Waals surface area contributed by atoms with Gasteiger partial charge >= 0.3 is 0 Å². The third-order valence-corrected chi connectivity index (χ3v) is 7.96. The van der Waals surface area contributed by atoms with Gasteiger partial charge in [0.25, 0.3) is 6.47 Å². The zero-order valence-corrected chi connectivity index (χ0v) is 23.0. The Morgan fingerprint density at radius 2 is 1.92 bits per heavy atom. The van der Waals surface area contributed by atoms with Gasteiger partial charge in [0, 0.05) is 46.5 Å². The highest BCUT2D eigenvalue weighted by Gasteiger charge is 2.22. The van der Waals surface area contributed by atoms with Gasteiger partial charge in [0.2, 0.25) is 16.0 Å². The summed E-state index contributed by atoms with van der Waals surface area (Å²) in [4.78, 5) is 19.7. The Labute approximate surface area is 227 Å². The lowest BCUT2D eigenvalue weighted by Crippen LogP contribution is -2.33. The van der Waals surface area contributed by atoms with E-state index in [2.05, 4.69) is 37.6 Å². The summed E-state index contributed by atoms with van der Waals surface area (Å²) in [5.74, 6) is 0.652. The van der Waals surface area contributed by atoms with E-state index in [4.69, 9.17) is 26.2 Å². The molecule has 0 spiro atoms. The molecule has 1 aliphatic rings. The summed E-state index contributed by atoms with van der Waals surface area (Å²) in [5.41, 5.74) is 3.84. The molecule has 38 heavy (non-hydrogen) atoms. The minimum Gasteiger partial charge on any atom is -0.483 e. The van der Waals surface area contributed by atoms with Crippen molar-refractivity contribution in [2.45, 2.75) is 17.9 Å². The number of halogens is 1. The first-order valence-electron chi connectivity index (χ1n) is 11.7. The molecule has 2 aromatic carbocycles. The van der Waals surface area contributed by atoms with Crippen LogP contribution in [0, 0.1) is 0 Å². The Hall–Kier alpha value is -3.29. The first kappa shape index (κ1) is 29.3. The predicted molar refractivity (Wildman–Crippen MR) is 147 cm³/mol. The van der Waals surface area contributed by atoms with Crippen LogP contribution in [0.4, 0.5) is 23.1 Å². The smallest absolute Gasteiger partial charge is 0.290 e. The minimum absolute atomic E-state index is 0.128. The fraction of sp³-hybridized carbons (Fsp3) is 0.320. The molecule has 4 rings (SSSR count). The number of anilines is 4. The molecule has 3 N–H and O–H groups in total. The van der Waals surface area contributed by atoms with Crippen molar-refractivity contribution in [3.05, 3.63) is 64.8 Å². The second-order valence-electron chi connectivity index (χ2n) is 8.53. The molecule has 0 amide bonds. The van der Waals surface area contributed by atoms with Gasteiger partial charge in [-0.15, -0.1) is 0 Å². The summed E-state index contributed by atoms with van der Waals surface area (Å²) in [5, 5.41) is 13.5. The summed E-state index contributed by atoms with van der Waals surface area (Å²) in [6.07, 6.45) is 2.44. The van der Waals surface area contributed by atoms with E-state index >= 15 is 0 Å². The van der Waals surface area contributed by atoms with E-state index in [0.717, 1.165) is 42.7 Å². The number of carboxylic acid groups (broad SMARTS) is 1. The van der Waals surface area contributed by atoms with Crippen LogP contribution >= 0.6 is 11.6 Å². The van der Waals surface area contributed by atoms with Gasteiger partial charge < -0.3 is 20.5 Å². The van der Waals surface area contributed by atoms with Crippen LogP contribution in [0.3, 0.4) is 0 Å². The number of fused-ring (bicyclic) bond motifs is 1. The molecule has 13 heteroatoms. The summed E-state index contributed by atoms with van der Waals surface area (Å²) in [6.45, 7) is 3.29. The van der Waals surface area contributed by atoms with Gasteiger partial charge in [-0.1, -0.05) is 29.8 Å².